The molecule has 0 spiro atoms. The molecule has 1 heterocycles. The third-order valence-corrected chi connectivity index (χ3v) is 4.83. The largest absolute Gasteiger partial charge is 0.356 e. The Labute approximate surface area is 191 Å². The molecule has 1 aliphatic heterocycles. The quantitative estimate of drug-likeness (QED) is 0.202. The van der Waals surface area contributed by atoms with Gasteiger partial charge in [-0.1, -0.05) is 44.2 Å². The van der Waals surface area contributed by atoms with Crippen molar-refractivity contribution in [1.29, 1.82) is 0 Å². The summed E-state index contributed by atoms with van der Waals surface area (Å²) in [5.74, 6) is 1.23. The van der Waals surface area contributed by atoms with Crippen molar-refractivity contribution in [1.82, 2.24) is 20.9 Å². The van der Waals surface area contributed by atoms with E-state index in [2.05, 4.69) is 33.1 Å². The summed E-state index contributed by atoms with van der Waals surface area (Å²) in [7, 11) is 1.72. The lowest BCUT2D eigenvalue weighted by Crippen LogP contribution is -2.43. The lowest BCUT2D eigenvalue weighted by atomic mass is 10.1. The first kappa shape index (κ1) is 25.2. The number of aliphatic imine (C=N–C) groups is 1. The number of rotatable bonds is 9. The lowest BCUT2D eigenvalue weighted by Gasteiger charge is -2.18. The summed E-state index contributed by atoms with van der Waals surface area (Å²) in [5.41, 5.74) is 1.26. The van der Waals surface area contributed by atoms with E-state index in [9.17, 15) is 9.59 Å². The van der Waals surface area contributed by atoms with Gasteiger partial charge in [0.1, 0.15) is 0 Å². The second kappa shape index (κ2) is 13.4. The maximum Gasteiger partial charge on any atom is 0.223 e. The van der Waals surface area contributed by atoms with E-state index < -0.39 is 0 Å². The van der Waals surface area contributed by atoms with E-state index in [4.69, 9.17) is 0 Å². The Morgan fingerprint density at radius 1 is 1.17 bits per heavy atom. The molecule has 1 aliphatic rings. The van der Waals surface area contributed by atoms with Gasteiger partial charge >= 0.3 is 0 Å². The van der Waals surface area contributed by atoms with Gasteiger partial charge in [0.25, 0.3) is 0 Å². The van der Waals surface area contributed by atoms with Crippen molar-refractivity contribution in [2.75, 3.05) is 39.8 Å². The van der Waals surface area contributed by atoms with E-state index in [0.29, 0.717) is 32.0 Å². The minimum Gasteiger partial charge on any atom is -0.356 e. The van der Waals surface area contributed by atoms with Gasteiger partial charge in [-0.05, 0) is 12.0 Å². The van der Waals surface area contributed by atoms with E-state index in [1.54, 1.807) is 7.05 Å². The van der Waals surface area contributed by atoms with Gasteiger partial charge < -0.3 is 20.9 Å². The fraction of sp³-hybridized carbons (Fsp3) is 0.571. The fourth-order valence-electron chi connectivity index (χ4n) is 3.15. The summed E-state index contributed by atoms with van der Waals surface area (Å²) < 4.78 is 0. The fourth-order valence-corrected chi connectivity index (χ4v) is 3.15. The Kier molecular flexibility index (Phi) is 11.6. The molecular formula is C21H34IN5O2. The number of nitrogens with zero attached hydrogens (tertiary/aromatic N) is 2. The van der Waals surface area contributed by atoms with Gasteiger partial charge in [0.15, 0.2) is 5.96 Å². The van der Waals surface area contributed by atoms with Crippen LogP contribution in [0, 0.1) is 11.8 Å². The van der Waals surface area contributed by atoms with Crippen molar-refractivity contribution < 1.29 is 9.59 Å². The van der Waals surface area contributed by atoms with Crippen LogP contribution in [-0.2, 0) is 16.0 Å². The van der Waals surface area contributed by atoms with Crippen LogP contribution in [0.1, 0.15) is 25.8 Å². The number of guanidine groups is 1. The Bertz CT molecular complexity index is 666. The topological polar surface area (TPSA) is 85.8 Å². The van der Waals surface area contributed by atoms with Crippen molar-refractivity contribution in [3.8, 4) is 0 Å². The first-order chi connectivity index (χ1) is 13.5. The van der Waals surface area contributed by atoms with Crippen LogP contribution >= 0.6 is 24.0 Å². The highest BCUT2D eigenvalue weighted by atomic mass is 127. The second-order valence-corrected chi connectivity index (χ2v) is 7.47. The number of hydrogen-bond donors (Lipinski definition) is 3. The van der Waals surface area contributed by atoms with E-state index in [0.717, 1.165) is 19.5 Å². The summed E-state index contributed by atoms with van der Waals surface area (Å²) in [4.78, 5) is 30.0. The minimum absolute atomic E-state index is 0. The van der Waals surface area contributed by atoms with Crippen LogP contribution in [0.25, 0.3) is 0 Å². The zero-order valence-corrected chi connectivity index (χ0v) is 19.9. The molecule has 2 amide bonds. The van der Waals surface area contributed by atoms with Gasteiger partial charge in [-0.15, -0.1) is 24.0 Å². The average Bonchev–Trinajstić information content (AvgIpc) is 3.05. The molecule has 1 atom stereocenters. The standard InChI is InChI=1S/C21H33N5O2.HI/c1-16(2)20(28)23-10-11-24-21(22-3)25-14-18-13-19(27)26(15-18)12-9-17-7-5-4-6-8-17;/h4-8,16,18H,9-15H2,1-3H3,(H,23,28)(H2,22,24,25);1H. The van der Waals surface area contributed by atoms with E-state index in [-0.39, 0.29) is 47.6 Å². The highest BCUT2D eigenvalue weighted by Crippen LogP contribution is 2.17. The minimum atomic E-state index is -0.0119. The Balaban J connectivity index is 0.00000420. The van der Waals surface area contributed by atoms with Crippen molar-refractivity contribution in [2.24, 2.45) is 16.8 Å². The van der Waals surface area contributed by atoms with Gasteiger partial charge in [0.2, 0.25) is 11.8 Å². The van der Waals surface area contributed by atoms with Gasteiger partial charge in [0.05, 0.1) is 0 Å². The maximum absolute atomic E-state index is 12.3. The van der Waals surface area contributed by atoms with Gasteiger partial charge in [0, 0.05) is 58.0 Å². The van der Waals surface area contributed by atoms with E-state index in [1.165, 1.54) is 5.56 Å². The van der Waals surface area contributed by atoms with Crippen molar-refractivity contribution in [2.45, 2.75) is 26.7 Å². The summed E-state index contributed by atoms with van der Waals surface area (Å²) in [6.07, 6.45) is 1.46. The van der Waals surface area contributed by atoms with Crippen molar-refractivity contribution in [3.05, 3.63) is 35.9 Å². The number of carbonyl (C=O) groups excluding carboxylic acids is 2. The molecule has 0 radical (unpaired) electrons. The molecule has 29 heavy (non-hydrogen) atoms. The number of hydrogen-bond acceptors (Lipinski definition) is 3. The molecule has 1 unspecified atom stereocenters. The number of benzene rings is 1. The van der Waals surface area contributed by atoms with Crippen LogP contribution in [0.15, 0.2) is 35.3 Å². The first-order valence-electron chi connectivity index (χ1n) is 10.0. The SMILES string of the molecule is CN=C(NCCNC(=O)C(C)C)NCC1CC(=O)N(CCc2ccccc2)C1.I. The maximum atomic E-state index is 12.3. The lowest BCUT2D eigenvalue weighted by molar-refractivity contribution is -0.127. The average molecular weight is 515 g/mol. The monoisotopic (exact) mass is 515 g/mol. The van der Waals surface area contributed by atoms with Crippen LogP contribution in [0.3, 0.4) is 0 Å². The summed E-state index contributed by atoms with van der Waals surface area (Å²) in [5, 5.41) is 9.33. The van der Waals surface area contributed by atoms with Crippen LogP contribution < -0.4 is 16.0 Å². The summed E-state index contributed by atoms with van der Waals surface area (Å²) >= 11 is 0. The number of amides is 2. The van der Waals surface area contributed by atoms with Crippen molar-refractivity contribution in [3.63, 3.8) is 0 Å². The van der Waals surface area contributed by atoms with Gasteiger partial charge in [-0.3, -0.25) is 14.6 Å². The molecule has 0 bridgehead atoms. The molecule has 3 N–H and O–H groups in total. The van der Waals surface area contributed by atoms with Gasteiger partial charge in [-0.2, -0.15) is 0 Å². The molecule has 1 aromatic carbocycles. The van der Waals surface area contributed by atoms with E-state index >= 15 is 0 Å². The molecule has 7 nitrogen and oxygen atoms in total. The number of halogens is 1. The first-order valence-corrected chi connectivity index (χ1v) is 10.0. The van der Waals surface area contributed by atoms with E-state index in [1.807, 2.05) is 36.9 Å². The number of nitrogens with one attached hydrogen (secondary N) is 3. The zero-order chi connectivity index (χ0) is 20.4. The molecule has 0 aromatic heterocycles. The predicted molar refractivity (Wildman–Crippen MR) is 127 cm³/mol. The highest BCUT2D eigenvalue weighted by Gasteiger charge is 2.29. The second-order valence-electron chi connectivity index (χ2n) is 7.47. The highest BCUT2D eigenvalue weighted by molar-refractivity contribution is 14.0. The number of carbonyl (C=O) groups is 2. The van der Waals surface area contributed by atoms with Crippen molar-refractivity contribution >= 4 is 41.8 Å². The Morgan fingerprint density at radius 3 is 2.52 bits per heavy atom. The molecule has 0 saturated carbocycles. The Morgan fingerprint density at radius 2 is 1.86 bits per heavy atom. The predicted octanol–water partition coefficient (Wildman–Crippen LogP) is 1.63. The molecular weight excluding hydrogens is 481 g/mol. The van der Waals surface area contributed by atoms with Crippen LogP contribution in [0.2, 0.25) is 0 Å². The Hall–Kier alpha value is -1.84. The molecule has 1 saturated heterocycles. The number of likely N-dealkylation sites (tertiary alicyclic amines) is 1. The molecule has 8 heteroatoms. The molecule has 1 aromatic rings. The smallest absolute Gasteiger partial charge is 0.223 e. The van der Waals surface area contributed by atoms with Gasteiger partial charge in [-0.25, -0.2) is 0 Å². The summed E-state index contributed by atoms with van der Waals surface area (Å²) in [6, 6.07) is 10.3. The van der Waals surface area contributed by atoms with Crippen LogP contribution in [-0.4, -0.2) is 62.4 Å². The molecule has 162 valence electrons. The van der Waals surface area contributed by atoms with Crippen LogP contribution in [0.5, 0.6) is 0 Å². The molecule has 1 fully saturated rings. The normalized spacial score (nSPS) is 16.6. The third kappa shape index (κ3) is 9.01. The molecule has 0 aliphatic carbocycles. The third-order valence-electron chi connectivity index (χ3n) is 4.83. The molecule has 2 rings (SSSR count). The summed E-state index contributed by atoms with van der Waals surface area (Å²) in [6.45, 7) is 7.13. The van der Waals surface area contributed by atoms with Crippen LogP contribution in [0.4, 0.5) is 0 Å². The zero-order valence-electron chi connectivity index (χ0n) is 17.6.